The zero-order valence-electron chi connectivity index (χ0n) is 23.3. The summed E-state index contributed by atoms with van der Waals surface area (Å²) < 4.78 is 17.3. The van der Waals surface area contributed by atoms with Crippen molar-refractivity contribution in [2.75, 3.05) is 31.0 Å². The second-order valence-corrected chi connectivity index (χ2v) is 10.9. The smallest absolute Gasteiger partial charge is 0.250 e. The van der Waals surface area contributed by atoms with Crippen molar-refractivity contribution in [3.63, 3.8) is 0 Å². The fraction of sp³-hybridized carbons (Fsp3) is 0.500. The molecule has 3 fully saturated rings. The highest BCUT2D eigenvalue weighted by atomic mass is 16.5. The Morgan fingerprint density at radius 3 is 2.17 bits per heavy atom. The quantitative estimate of drug-likeness (QED) is 0.414. The van der Waals surface area contributed by atoms with Gasteiger partial charge in [0.05, 0.1) is 43.8 Å². The lowest BCUT2D eigenvalue weighted by atomic mass is 9.66. The molecule has 2 bridgehead atoms. The Morgan fingerprint density at radius 2 is 1.62 bits per heavy atom. The van der Waals surface area contributed by atoms with Crippen LogP contribution in [0.3, 0.4) is 0 Å². The van der Waals surface area contributed by atoms with Crippen LogP contribution >= 0.6 is 0 Å². The number of hydrogen-bond donors (Lipinski definition) is 3. The van der Waals surface area contributed by atoms with Crippen LogP contribution in [0.5, 0.6) is 11.5 Å². The summed E-state index contributed by atoms with van der Waals surface area (Å²) in [7, 11) is 1.56. The van der Waals surface area contributed by atoms with Crippen LogP contribution in [-0.4, -0.2) is 71.3 Å². The number of carbonyl (C=O) groups is 3. The molecular weight excluding hydrogens is 514 g/mol. The first-order valence-corrected chi connectivity index (χ1v) is 13.8. The predicted molar refractivity (Wildman–Crippen MR) is 148 cm³/mol. The standard InChI is InChI=1S/C30H37N3O7/c1-5-20(17-34)33-25(27(36)32-19-7-11-21(38-4)12-8-19)30-16-15-29(3,40-30)23(24(30)28(33)37)26(35)31-18-9-13-22(14-10-18)39-6-2/h7-14,20,23-25,34H,5-6,15-17H2,1-4H3,(H,31,35)(H,32,36)/t20-,23-,24-,25?,29+,30?/m0/s1. The van der Waals surface area contributed by atoms with E-state index in [-0.39, 0.29) is 18.4 Å². The van der Waals surface area contributed by atoms with E-state index in [2.05, 4.69) is 10.6 Å². The normalized spacial score (nSPS) is 29.2. The molecule has 0 aromatic heterocycles. The molecule has 1 spiro atoms. The van der Waals surface area contributed by atoms with Gasteiger partial charge < -0.3 is 34.9 Å². The van der Waals surface area contributed by atoms with E-state index < -0.39 is 41.0 Å². The predicted octanol–water partition coefficient (Wildman–Crippen LogP) is 3.21. The average Bonchev–Trinajstić information content (AvgIpc) is 3.52. The number of rotatable bonds is 10. The molecule has 5 rings (SSSR count). The van der Waals surface area contributed by atoms with Gasteiger partial charge >= 0.3 is 0 Å². The van der Waals surface area contributed by atoms with Gasteiger partial charge in [0, 0.05) is 11.4 Å². The van der Waals surface area contributed by atoms with Crippen LogP contribution in [0.1, 0.15) is 40.0 Å². The Balaban J connectivity index is 1.47. The van der Waals surface area contributed by atoms with Gasteiger partial charge in [-0.3, -0.25) is 14.4 Å². The molecule has 0 radical (unpaired) electrons. The molecule has 3 aliphatic rings. The molecule has 3 saturated heterocycles. The topological polar surface area (TPSA) is 126 Å². The molecule has 10 nitrogen and oxygen atoms in total. The molecule has 3 heterocycles. The van der Waals surface area contributed by atoms with Gasteiger partial charge in [0.15, 0.2) is 0 Å². The van der Waals surface area contributed by atoms with E-state index in [0.717, 1.165) is 0 Å². The maximum Gasteiger partial charge on any atom is 0.250 e. The number of aliphatic hydroxyl groups is 1. The first kappa shape index (κ1) is 27.9. The van der Waals surface area contributed by atoms with Gasteiger partial charge in [0.25, 0.3) is 0 Å². The summed E-state index contributed by atoms with van der Waals surface area (Å²) in [5.41, 5.74) is -0.988. The van der Waals surface area contributed by atoms with Crippen molar-refractivity contribution in [2.24, 2.45) is 11.8 Å². The van der Waals surface area contributed by atoms with Crippen LogP contribution in [-0.2, 0) is 19.1 Å². The van der Waals surface area contributed by atoms with E-state index in [4.69, 9.17) is 14.2 Å². The molecule has 3 N–H and O–H groups in total. The highest BCUT2D eigenvalue weighted by Crippen LogP contribution is 2.63. The van der Waals surface area contributed by atoms with Gasteiger partial charge in [-0.1, -0.05) is 6.92 Å². The highest BCUT2D eigenvalue weighted by molar-refractivity contribution is 6.05. The Hall–Kier alpha value is -3.63. The van der Waals surface area contributed by atoms with Crippen LogP contribution in [0, 0.1) is 11.8 Å². The van der Waals surface area contributed by atoms with Crippen LogP contribution in [0.4, 0.5) is 11.4 Å². The molecule has 10 heteroatoms. The van der Waals surface area contributed by atoms with Crippen molar-refractivity contribution in [2.45, 2.75) is 63.3 Å². The van der Waals surface area contributed by atoms with Crippen molar-refractivity contribution in [1.29, 1.82) is 0 Å². The van der Waals surface area contributed by atoms with Crippen molar-refractivity contribution in [3.8, 4) is 11.5 Å². The number of ether oxygens (including phenoxy) is 3. The molecule has 0 aliphatic carbocycles. The van der Waals surface area contributed by atoms with Crippen molar-refractivity contribution in [3.05, 3.63) is 48.5 Å². The van der Waals surface area contributed by atoms with Gasteiger partial charge in [0.2, 0.25) is 17.7 Å². The number of carbonyl (C=O) groups excluding carboxylic acids is 3. The van der Waals surface area contributed by atoms with Gasteiger partial charge in [-0.05, 0) is 81.6 Å². The number of fused-ring (bicyclic) bond motifs is 1. The van der Waals surface area contributed by atoms with Crippen LogP contribution in [0.25, 0.3) is 0 Å². The zero-order valence-corrected chi connectivity index (χ0v) is 23.3. The summed E-state index contributed by atoms with van der Waals surface area (Å²) in [6.45, 7) is 5.83. The van der Waals surface area contributed by atoms with Crippen molar-refractivity contribution < 1.29 is 33.7 Å². The zero-order chi connectivity index (χ0) is 28.7. The molecule has 2 aromatic carbocycles. The number of anilines is 2. The molecule has 2 unspecified atom stereocenters. The molecule has 3 amide bonds. The largest absolute Gasteiger partial charge is 0.497 e. The summed E-state index contributed by atoms with van der Waals surface area (Å²) in [6, 6.07) is 12.4. The molecule has 2 aromatic rings. The number of methoxy groups -OCH3 is 1. The number of aliphatic hydroxyl groups excluding tert-OH is 1. The second kappa shape index (κ2) is 10.7. The summed E-state index contributed by atoms with van der Waals surface area (Å²) in [6.07, 6.45) is 1.41. The summed E-state index contributed by atoms with van der Waals surface area (Å²) in [4.78, 5) is 43.3. The first-order valence-electron chi connectivity index (χ1n) is 13.8. The molecule has 6 atom stereocenters. The van der Waals surface area contributed by atoms with Gasteiger partial charge in [-0.15, -0.1) is 0 Å². The minimum Gasteiger partial charge on any atom is -0.497 e. The van der Waals surface area contributed by atoms with Crippen molar-refractivity contribution in [1.82, 2.24) is 4.90 Å². The van der Waals surface area contributed by atoms with E-state index in [1.807, 2.05) is 20.8 Å². The van der Waals surface area contributed by atoms with E-state index in [0.29, 0.717) is 48.7 Å². The number of hydrogen-bond acceptors (Lipinski definition) is 7. The van der Waals surface area contributed by atoms with Gasteiger partial charge in [-0.25, -0.2) is 0 Å². The van der Waals surface area contributed by atoms with E-state index in [1.165, 1.54) is 4.90 Å². The molecule has 0 saturated carbocycles. The lowest BCUT2D eigenvalue weighted by Gasteiger charge is -2.36. The number of likely N-dealkylation sites (tertiary alicyclic amines) is 1. The summed E-state index contributed by atoms with van der Waals surface area (Å²) >= 11 is 0. The van der Waals surface area contributed by atoms with Crippen molar-refractivity contribution >= 4 is 29.1 Å². The Labute approximate surface area is 234 Å². The van der Waals surface area contributed by atoms with Gasteiger partial charge in [0.1, 0.15) is 23.1 Å². The van der Waals surface area contributed by atoms with E-state index >= 15 is 0 Å². The van der Waals surface area contributed by atoms with Crippen LogP contribution in [0.15, 0.2) is 48.5 Å². The second-order valence-electron chi connectivity index (χ2n) is 10.9. The third kappa shape index (κ3) is 4.49. The lowest BCUT2D eigenvalue weighted by Crippen LogP contribution is -2.56. The highest BCUT2D eigenvalue weighted by Gasteiger charge is 2.78. The molecule has 3 aliphatic heterocycles. The number of amides is 3. The Kier molecular flexibility index (Phi) is 7.50. The maximum absolute atomic E-state index is 14.1. The molecular formula is C30H37N3O7. The van der Waals surface area contributed by atoms with Crippen LogP contribution < -0.4 is 20.1 Å². The molecule has 214 valence electrons. The van der Waals surface area contributed by atoms with Crippen LogP contribution in [0.2, 0.25) is 0 Å². The maximum atomic E-state index is 14.1. The number of benzene rings is 2. The monoisotopic (exact) mass is 551 g/mol. The minimum absolute atomic E-state index is 0.308. The summed E-state index contributed by atoms with van der Waals surface area (Å²) in [5, 5.41) is 16.1. The summed E-state index contributed by atoms with van der Waals surface area (Å²) in [5.74, 6) is -1.42. The first-order chi connectivity index (χ1) is 19.2. The fourth-order valence-electron chi connectivity index (χ4n) is 6.78. The third-order valence-corrected chi connectivity index (χ3v) is 8.61. The third-order valence-electron chi connectivity index (χ3n) is 8.61. The average molecular weight is 552 g/mol. The Morgan fingerprint density at radius 1 is 1.02 bits per heavy atom. The molecule has 40 heavy (non-hydrogen) atoms. The van der Waals surface area contributed by atoms with Gasteiger partial charge in [-0.2, -0.15) is 0 Å². The lowest BCUT2D eigenvalue weighted by molar-refractivity contribution is -0.146. The fourth-order valence-corrected chi connectivity index (χ4v) is 6.78. The number of nitrogens with zero attached hydrogens (tertiary/aromatic N) is 1. The Bertz CT molecular complexity index is 1260. The van der Waals surface area contributed by atoms with E-state index in [1.54, 1.807) is 55.6 Å². The SMILES string of the molecule is CCOc1ccc(NC(=O)[C@@H]2[C@H]3C(=O)N([C@@H](CC)CO)C(C(=O)Nc4ccc(OC)cc4)C34CC[C@@]2(C)O4)cc1. The van der Waals surface area contributed by atoms with E-state index in [9.17, 15) is 19.5 Å². The number of nitrogens with one attached hydrogen (secondary N) is 2. The minimum atomic E-state index is -1.19.